The minimum atomic E-state index is -0.458. The minimum Gasteiger partial charge on any atom is -0.341 e. The summed E-state index contributed by atoms with van der Waals surface area (Å²) in [6.07, 6.45) is 5.93. The smallest absolute Gasteiger partial charge is 0.227 e. The molecule has 0 spiro atoms. The van der Waals surface area contributed by atoms with E-state index in [0.29, 0.717) is 25.4 Å². The molecule has 1 aliphatic carbocycles. The summed E-state index contributed by atoms with van der Waals surface area (Å²) in [6.45, 7) is 0.466. The molecule has 0 radical (unpaired) electrons. The Morgan fingerprint density at radius 1 is 1.38 bits per heavy atom. The number of hydrogen-bond acceptors (Lipinski definition) is 4. The van der Waals surface area contributed by atoms with Crippen molar-refractivity contribution in [2.75, 3.05) is 19.8 Å². The van der Waals surface area contributed by atoms with Crippen LogP contribution in [0.3, 0.4) is 0 Å². The first kappa shape index (κ1) is 15.2. The van der Waals surface area contributed by atoms with Crippen LogP contribution in [0.5, 0.6) is 0 Å². The lowest BCUT2D eigenvalue weighted by Gasteiger charge is -2.15. The fraction of sp³-hybridized carbons (Fsp3) is 0.529. The Morgan fingerprint density at radius 2 is 2.25 bits per heavy atom. The van der Waals surface area contributed by atoms with E-state index in [4.69, 9.17) is 0 Å². The summed E-state index contributed by atoms with van der Waals surface area (Å²) in [7, 11) is 0. The molecule has 0 unspecified atom stereocenters. The standard InChI is InChI=1S/C17H20FN5O/c18-7-13-9-23(15(24)6-11-2-1-5-19-8-11)10-14(13)17-20-16(21-22-17)12-3-4-12/h1-2,5,8,12-14H,3-4,6-7,9-10H2,(H,20,21,22)/t13-,14-/m1/s1. The Balaban J connectivity index is 1.45. The van der Waals surface area contributed by atoms with E-state index in [1.807, 2.05) is 12.1 Å². The van der Waals surface area contributed by atoms with Crippen LogP contribution in [0.2, 0.25) is 0 Å². The molecule has 1 saturated carbocycles. The quantitative estimate of drug-likeness (QED) is 0.908. The molecular weight excluding hydrogens is 309 g/mol. The van der Waals surface area contributed by atoms with Crippen LogP contribution in [0.4, 0.5) is 4.39 Å². The molecular formula is C17H20FN5O. The Labute approximate surface area is 139 Å². The van der Waals surface area contributed by atoms with Crippen molar-refractivity contribution in [2.24, 2.45) is 5.92 Å². The maximum Gasteiger partial charge on any atom is 0.227 e. The van der Waals surface area contributed by atoms with E-state index in [-0.39, 0.29) is 17.7 Å². The molecule has 2 atom stereocenters. The van der Waals surface area contributed by atoms with Gasteiger partial charge in [-0.3, -0.25) is 19.3 Å². The fourth-order valence-electron chi connectivity index (χ4n) is 3.31. The van der Waals surface area contributed by atoms with E-state index in [9.17, 15) is 9.18 Å². The highest BCUT2D eigenvalue weighted by Crippen LogP contribution is 2.39. The van der Waals surface area contributed by atoms with Gasteiger partial charge in [0.05, 0.1) is 13.1 Å². The van der Waals surface area contributed by atoms with Gasteiger partial charge >= 0.3 is 0 Å². The number of carbonyl (C=O) groups excluding carboxylic acids is 1. The Bertz CT molecular complexity index is 715. The average molecular weight is 329 g/mol. The lowest BCUT2D eigenvalue weighted by molar-refractivity contribution is -0.129. The molecule has 6 nitrogen and oxygen atoms in total. The number of carbonyl (C=O) groups is 1. The normalized spacial score (nSPS) is 23.6. The molecule has 1 amide bonds. The lowest BCUT2D eigenvalue weighted by atomic mass is 9.97. The molecule has 1 aliphatic heterocycles. The van der Waals surface area contributed by atoms with Crippen molar-refractivity contribution in [2.45, 2.75) is 31.1 Å². The van der Waals surface area contributed by atoms with Crippen molar-refractivity contribution < 1.29 is 9.18 Å². The third kappa shape index (κ3) is 3.02. The van der Waals surface area contributed by atoms with Gasteiger partial charge < -0.3 is 4.90 Å². The van der Waals surface area contributed by atoms with Crippen molar-refractivity contribution in [1.29, 1.82) is 0 Å². The zero-order chi connectivity index (χ0) is 16.5. The number of halogens is 1. The molecule has 1 N–H and O–H groups in total. The molecule has 2 aromatic rings. The summed E-state index contributed by atoms with van der Waals surface area (Å²) >= 11 is 0. The maximum absolute atomic E-state index is 13.5. The number of aromatic nitrogens is 4. The molecule has 4 rings (SSSR count). The van der Waals surface area contributed by atoms with Gasteiger partial charge in [0.2, 0.25) is 5.91 Å². The number of likely N-dealkylation sites (tertiary alicyclic amines) is 1. The van der Waals surface area contributed by atoms with Gasteiger partial charge in [0, 0.05) is 43.2 Å². The number of H-pyrrole nitrogens is 1. The first-order chi connectivity index (χ1) is 11.7. The second-order valence-corrected chi connectivity index (χ2v) is 6.71. The van der Waals surface area contributed by atoms with Gasteiger partial charge in [-0.1, -0.05) is 6.07 Å². The highest BCUT2D eigenvalue weighted by Gasteiger charge is 2.39. The predicted octanol–water partition coefficient (Wildman–Crippen LogP) is 1.83. The average Bonchev–Trinajstić information content (AvgIpc) is 3.18. The largest absolute Gasteiger partial charge is 0.341 e. The molecule has 2 aliphatic rings. The number of hydrogen-bond donors (Lipinski definition) is 1. The second kappa shape index (κ2) is 6.30. The van der Waals surface area contributed by atoms with Gasteiger partial charge in [-0.05, 0) is 24.5 Å². The van der Waals surface area contributed by atoms with Crippen LogP contribution in [-0.4, -0.2) is 50.7 Å². The highest BCUT2D eigenvalue weighted by atomic mass is 19.1. The van der Waals surface area contributed by atoms with Gasteiger partial charge in [-0.2, -0.15) is 5.10 Å². The van der Waals surface area contributed by atoms with Crippen LogP contribution in [0.25, 0.3) is 0 Å². The maximum atomic E-state index is 13.5. The number of pyridine rings is 1. The van der Waals surface area contributed by atoms with Crippen LogP contribution in [0, 0.1) is 5.92 Å². The number of rotatable bonds is 5. The molecule has 0 aromatic carbocycles. The van der Waals surface area contributed by atoms with Crippen LogP contribution in [0.15, 0.2) is 24.5 Å². The van der Waals surface area contributed by atoms with Crippen molar-refractivity contribution in [3.63, 3.8) is 0 Å². The van der Waals surface area contributed by atoms with Crippen molar-refractivity contribution in [3.05, 3.63) is 41.7 Å². The summed E-state index contributed by atoms with van der Waals surface area (Å²) < 4.78 is 13.5. The van der Waals surface area contributed by atoms with Crippen LogP contribution >= 0.6 is 0 Å². The monoisotopic (exact) mass is 329 g/mol. The Morgan fingerprint density at radius 3 is 2.96 bits per heavy atom. The zero-order valence-corrected chi connectivity index (χ0v) is 13.4. The fourth-order valence-corrected chi connectivity index (χ4v) is 3.31. The van der Waals surface area contributed by atoms with Crippen LogP contribution < -0.4 is 0 Å². The third-order valence-electron chi connectivity index (χ3n) is 4.88. The van der Waals surface area contributed by atoms with E-state index in [0.717, 1.165) is 30.1 Å². The summed E-state index contributed by atoms with van der Waals surface area (Å²) in [6, 6.07) is 3.69. The second-order valence-electron chi connectivity index (χ2n) is 6.71. The van der Waals surface area contributed by atoms with E-state index >= 15 is 0 Å². The SMILES string of the molecule is O=C(Cc1cccnc1)N1C[C@@H](CF)[C@H](c2nc(C3CC3)n[nH]2)C1. The van der Waals surface area contributed by atoms with Gasteiger partial charge in [0.25, 0.3) is 0 Å². The van der Waals surface area contributed by atoms with Crippen LogP contribution in [-0.2, 0) is 11.2 Å². The van der Waals surface area contributed by atoms with Crippen molar-refractivity contribution >= 4 is 5.91 Å². The third-order valence-corrected chi connectivity index (χ3v) is 4.88. The van der Waals surface area contributed by atoms with Crippen LogP contribution in [0.1, 0.15) is 41.9 Å². The lowest BCUT2D eigenvalue weighted by Crippen LogP contribution is -2.30. The molecule has 0 bridgehead atoms. The van der Waals surface area contributed by atoms with E-state index in [1.165, 1.54) is 0 Å². The van der Waals surface area contributed by atoms with Gasteiger partial charge in [-0.25, -0.2) is 4.98 Å². The Kier molecular flexibility index (Phi) is 4.00. The van der Waals surface area contributed by atoms with Crippen molar-refractivity contribution in [1.82, 2.24) is 25.1 Å². The molecule has 3 heterocycles. The van der Waals surface area contributed by atoms with Gasteiger partial charge in [0.1, 0.15) is 5.82 Å². The predicted molar refractivity (Wildman–Crippen MR) is 85.1 cm³/mol. The molecule has 2 aromatic heterocycles. The molecule has 24 heavy (non-hydrogen) atoms. The number of amides is 1. The topological polar surface area (TPSA) is 74.8 Å². The number of nitrogens with zero attached hydrogens (tertiary/aromatic N) is 4. The van der Waals surface area contributed by atoms with E-state index < -0.39 is 6.67 Å². The van der Waals surface area contributed by atoms with Gasteiger partial charge in [-0.15, -0.1) is 0 Å². The summed E-state index contributed by atoms with van der Waals surface area (Å²) in [5.74, 6) is 1.70. The summed E-state index contributed by atoms with van der Waals surface area (Å²) in [5, 5.41) is 7.23. The van der Waals surface area contributed by atoms with E-state index in [1.54, 1.807) is 17.3 Å². The number of nitrogens with one attached hydrogen (secondary N) is 1. The van der Waals surface area contributed by atoms with Crippen molar-refractivity contribution in [3.8, 4) is 0 Å². The number of alkyl halides is 1. The van der Waals surface area contributed by atoms with Gasteiger partial charge in [0.15, 0.2) is 5.82 Å². The highest BCUT2D eigenvalue weighted by molar-refractivity contribution is 5.79. The summed E-state index contributed by atoms with van der Waals surface area (Å²) in [5.41, 5.74) is 0.874. The number of aromatic amines is 1. The summed E-state index contributed by atoms with van der Waals surface area (Å²) in [4.78, 5) is 22.8. The molecule has 1 saturated heterocycles. The molecule has 2 fully saturated rings. The first-order valence-electron chi connectivity index (χ1n) is 8.39. The molecule has 126 valence electrons. The Hall–Kier alpha value is -2.31. The van der Waals surface area contributed by atoms with E-state index in [2.05, 4.69) is 20.2 Å². The molecule has 7 heteroatoms. The first-order valence-corrected chi connectivity index (χ1v) is 8.39. The zero-order valence-electron chi connectivity index (χ0n) is 13.4. The minimum absolute atomic E-state index is 0.00545.